The molecule has 6 heteroatoms. The molecular formula is C20H23N5O. The molecule has 3 heterocycles. The van der Waals surface area contributed by atoms with E-state index in [1.807, 2.05) is 30.7 Å². The summed E-state index contributed by atoms with van der Waals surface area (Å²) in [7, 11) is 0. The van der Waals surface area contributed by atoms with Crippen molar-refractivity contribution in [2.75, 3.05) is 5.32 Å². The number of ether oxygens (including phenoxy) is 1. The second-order valence-corrected chi connectivity index (χ2v) is 6.91. The zero-order valence-corrected chi connectivity index (χ0v) is 15.5. The van der Waals surface area contributed by atoms with E-state index in [-0.39, 0.29) is 6.10 Å². The zero-order valence-electron chi connectivity index (χ0n) is 15.5. The number of hydrogen-bond donors (Lipinski definition) is 1. The van der Waals surface area contributed by atoms with Gasteiger partial charge in [0.05, 0.1) is 5.69 Å². The Labute approximate surface area is 153 Å². The number of fused-ring (bicyclic) bond motifs is 1. The summed E-state index contributed by atoms with van der Waals surface area (Å²) in [5.74, 6) is 2.76. The fourth-order valence-corrected chi connectivity index (χ4v) is 3.32. The molecule has 6 nitrogen and oxygen atoms in total. The minimum Gasteiger partial charge on any atom is -0.490 e. The third-order valence-electron chi connectivity index (χ3n) is 4.90. The van der Waals surface area contributed by atoms with E-state index in [9.17, 15) is 0 Å². The highest BCUT2D eigenvalue weighted by molar-refractivity contribution is 5.44. The van der Waals surface area contributed by atoms with Crippen LogP contribution in [0, 0.1) is 13.8 Å². The number of aromatic nitrogens is 4. The Morgan fingerprint density at radius 1 is 1.15 bits per heavy atom. The lowest BCUT2D eigenvalue weighted by Crippen LogP contribution is -2.10. The van der Waals surface area contributed by atoms with E-state index >= 15 is 0 Å². The molecule has 0 spiro atoms. The molecule has 2 aromatic heterocycles. The average molecular weight is 349 g/mol. The molecule has 0 bridgehead atoms. The van der Waals surface area contributed by atoms with Crippen LogP contribution in [-0.2, 0) is 6.54 Å². The second-order valence-electron chi connectivity index (χ2n) is 6.91. The Hall–Kier alpha value is -2.89. The standard InChI is InChI=1S/C20H23N5O/c1-12-9-13(2)25(24-12)19-7-8-21-20(23-19)22-11-16-5-6-18-17(10-16)14(3)15(4)26-18/h5-10,14-15H,11H2,1-4H3,(H,21,22,23). The molecule has 2 unspecified atom stereocenters. The summed E-state index contributed by atoms with van der Waals surface area (Å²) in [6.45, 7) is 8.97. The Morgan fingerprint density at radius 3 is 2.77 bits per heavy atom. The lowest BCUT2D eigenvalue weighted by molar-refractivity contribution is 0.232. The van der Waals surface area contributed by atoms with Crippen LogP contribution in [0.1, 0.15) is 42.3 Å². The highest BCUT2D eigenvalue weighted by Gasteiger charge is 2.27. The predicted molar refractivity (Wildman–Crippen MR) is 101 cm³/mol. The number of anilines is 1. The molecule has 2 atom stereocenters. The van der Waals surface area contributed by atoms with Gasteiger partial charge in [0.25, 0.3) is 0 Å². The average Bonchev–Trinajstić information content (AvgIpc) is 3.12. The number of benzene rings is 1. The topological polar surface area (TPSA) is 64.9 Å². The quantitative estimate of drug-likeness (QED) is 0.776. The summed E-state index contributed by atoms with van der Waals surface area (Å²) in [5.41, 5.74) is 4.48. The largest absolute Gasteiger partial charge is 0.490 e. The molecule has 0 amide bonds. The summed E-state index contributed by atoms with van der Waals surface area (Å²) in [5, 5.41) is 7.79. The second kappa shape index (κ2) is 6.44. The van der Waals surface area contributed by atoms with Gasteiger partial charge in [-0.05, 0) is 44.5 Å². The van der Waals surface area contributed by atoms with Crippen molar-refractivity contribution in [2.24, 2.45) is 0 Å². The van der Waals surface area contributed by atoms with Crippen molar-refractivity contribution < 1.29 is 4.74 Å². The SMILES string of the molecule is Cc1cc(C)n(-c2ccnc(NCc3ccc4c(c3)C(C)C(C)O4)n2)n1. The van der Waals surface area contributed by atoms with Crippen molar-refractivity contribution in [3.05, 3.63) is 59.0 Å². The van der Waals surface area contributed by atoms with Gasteiger partial charge in [-0.15, -0.1) is 0 Å². The van der Waals surface area contributed by atoms with Crippen LogP contribution in [0.3, 0.4) is 0 Å². The highest BCUT2D eigenvalue weighted by Crippen LogP contribution is 2.38. The molecule has 1 aliphatic heterocycles. The van der Waals surface area contributed by atoms with E-state index in [0.717, 1.165) is 23.0 Å². The lowest BCUT2D eigenvalue weighted by Gasteiger charge is -2.09. The molecule has 3 aromatic rings. The van der Waals surface area contributed by atoms with Gasteiger partial charge in [0.1, 0.15) is 11.9 Å². The summed E-state index contributed by atoms with van der Waals surface area (Å²) in [4.78, 5) is 8.91. The molecule has 0 saturated heterocycles. The number of hydrogen-bond acceptors (Lipinski definition) is 5. The minimum absolute atomic E-state index is 0.231. The van der Waals surface area contributed by atoms with Crippen LogP contribution in [0.25, 0.3) is 5.82 Å². The lowest BCUT2D eigenvalue weighted by atomic mass is 9.97. The van der Waals surface area contributed by atoms with Crippen molar-refractivity contribution in [1.82, 2.24) is 19.7 Å². The molecular weight excluding hydrogens is 326 g/mol. The fourth-order valence-electron chi connectivity index (χ4n) is 3.32. The highest BCUT2D eigenvalue weighted by atomic mass is 16.5. The van der Waals surface area contributed by atoms with Gasteiger partial charge in [-0.25, -0.2) is 9.67 Å². The van der Waals surface area contributed by atoms with Crippen LogP contribution in [0.15, 0.2) is 36.5 Å². The first-order valence-corrected chi connectivity index (χ1v) is 8.91. The maximum Gasteiger partial charge on any atom is 0.224 e. The summed E-state index contributed by atoms with van der Waals surface area (Å²) >= 11 is 0. The Kier molecular flexibility index (Phi) is 4.11. The van der Waals surface area contributed by atoms with E-state index in [1.54, 1.807) is 6.20 Å². The minimum atomic E-state index is 0.231. The molecule has 134 valence electrons. The molecule has 1 aliphatic rings. The molecule has 0 saturated carbocycles. The smallest absolute Gasteiger partial charge is 0.224 e. The zero-order chi connectivity index (χ0) is 18.3. The third-order valence-corrected chi connectivity index (χ3v) is 4.90. The first-order chi connectivity index (χ1) is 12.5. The molecule has 1 N–H and O–H groups in total. The molecule has 0 radical (unpaired) electrons. The fraction of sp³-hybridized carbons (Fsp3) is 0.350. The van der Waals surface area contributed by atoms with Crippen molar-refractivity contribution in [1.29, 1.82) is 0 Å². The molecule has 0 fully saturated rings. The van der Waals surface area contributed by atoms with Gasteiger partial charge in [0.15, 0.2) is 5.82 Å². The normalized spacial score (nSPS) is 18.5. The monoisotopic (exact) mass is 349 g/mol. The Balaban J connectivity index is 1.51. The van der Waals surface area contributed by atoms with Crippen molar-refractivity contribution in [3.63, 3.8) is 0 Å². The molecule has 26 heavy (non-hydrogen) atoms. The number of nitrogens with zero attached hydrogens (tertiary/aromatic N) is 4. The predicted octanol–water partition coefficient (Wildman–Crippen LogP) is 3.78. The van der Waals surface area contributed by atoms with E-state index in [0.29, 0.717) is 18.4 Å². The van der Waals surface area contributed by atoms with E-state index in [1.165, 1.54) is 11.1 Å². The van der Waals surface area contributed by atoms with Gasteiger partial charge >= 0.3 is 0 Å². The first kappa shape index (κ1) is 16.6. The summed E-state index contributed by atoms with van der Waals surface area (Å²) < 4.78 is 7.69. The molecule has 4 rings (SSSR count). The van der Waals surface area contributed by atoms with Gasteiger partial charge in [-0.1, -0.05) is 13.0 Å². The first-order valence-electron chi connectivity index (χ1n) is 8.91. The Morgan fingerprint density at radius 2 is 2.00 bits per heavy atom. The van der Waals surface area contributed by atoms with Gasteiger partial charge < -0.3 is 10.1 Å². The summed E-state index contributed by atoms with van der Waals surface area (Å²) in [6, 6.07) is 10.2. The maximum absolute atomic E-state index is 5.86. The van der Waals surface area contributed by atoms with Crippen LogP contribution >= 0.6 is 0 Å². The van der Waals surface area contributed by atoms with Crippen molar-refractivity contribution in [2.45, 2.75) is 46.3 Å². The summed E-state index contributed by atoms with van der Waals surface area (Å²) in [6.07, 6.45) is 1.98. The van der Waals surface area contributed by atoms with Crippen LogP contribution in [0.4, 0.5) is 5.95 Å². The third kappa shape index (κ3) is 3.03. The maximum atomic E-state index is 5.86. The van der Waals surface area contributed by atoms with Crippen molar-refractivity contribution >= 4 is 5.95 Å². The number of rotatable bonds is 4. The van der Waals surface area contributed by atoms with Gasteiger partial charge in [-0.3, -0.25) is 0 Å². The number of aryl methyl sites for hydroxylation is 2. The van der Waals surface area contributed by atoms with Gasteiger partial charge in [0.2, 0.25) is 5.95 Å². The van der Waals surface area contributed by atoms with Crippen LogP contribution in [0.2, 0.25) is 0 Å². The van der Waals surface area contributed by atoms with E-state index < -0.39 is 0 Å². The Bertz CT molecular complexity index is 949. The van der Waals surface area contributed by atoms with Crippen LogP contribution < -0.4 is 10.1 Å². The van der Waals surface area contributed by atoms with Gasteiger partial charge in [-0.2, -0.15) is 10.1 Å². The van der Waals surface area contributed by atoms with Crippen molar-refractivity contribution in [3.8, 4) is 11.6 Å². The van der Waals surface area contributed by atoms with Crippen LogP contribution in [0.5, 0.6) is 5.75 Å². The molecule has 0 aliphatic carbocycles. The van der Waals surface area contributed by atoms with E-state index in [4.69, 9.17) is 4.74 Å². The van der Waals surface area contributed by atoms with Gasteiger partial charge in [0, 0.05) is 36.0 Å². The molecule has 1 aromatic carbocycles. The van der Waals surface area contributed by atoms with Crippen LogP contribution in [-0.4, -0.2) is 25.9 Å². The van der Waals surface area contributed by atoms with E-state index in [2.05, 4.69) is 52.4 Å². The number of nitrogens with one attached hydrogen (secondary N) is 1.